The molecule has 2 aliphatic heterocycles. The molecule has 4 nitrogen and oxygen atoms in total. The quantitative estimate of drug-likeness (QED) is 0.174. The van der Waals surface area contributed by atoms with Gasteiger partial charge in [-0.15, -0.1) is 0 Å². The zero-order valence-electron chi connectivity index (χ0n) is 48.6. The molecule has 4 aromatic carbocycles. The van der Waals surface area contributed by atoms with E-state index in [1.54, 1.807) is 0 Å². The maximum absolute atomic E-state index is 5.82. The summed E-state index contributed by atoms with van der Waals surface area (Å²) in [5.41, 5.74) is 25.0. The Hall–Kier alpha value is -6.17. The van der Waals surface area contributed by atoms with Gasteiger partial charge in [0, 0.05) is 50.1 Å². The van der Waals surface area contributed by atoms with Crippen LogP contribution in [0.2, 0.25) is 0 Å². The predicted octanol–water partition coefficient (Wildman–Crippen LogP) is 20.0. The molecule has 7 aromatic rings. The highest BCUT2D eigenvalue weighted by Gasteiger charge is 2.28. The third-order valence-electron chi connectivity index (χ3n) is 15.2. The number of aromatic amines is 2. The fraction of sp³-hybridized carbons (Fsp3) is 0.371. The Kier molecular flexibility index (Phi) is 13.7. The summed E-state index contributed by atoms with van der Waals surface area (Å²) in [6.07, 6.45) is 11.1. The zero-order valence-corrected chi connectivity index (χ0v) is 49.5. The molecule has 0 spiro atoms. The average molecular weight is 1010 g/mol. The molecule has 0 radical (unpaired) electrons. The molecule has 0 saturated carbocycles. The Morgan fingerprint density at radius 1 is 0.320 bits per heavy atom. The molecule has 0 fully saturated rings. The second-order valence-electron chi connectivity index (χ2n) is 27.5. The molecule has 5 heterocycles. The van der Waals surface area contributed by atoms with Crippen LogP contribution in [0.15, 0.2) is 103 Å². The molecule has 2 aliphatic rings. The molecule has 0 unspecified atom stereocenters. The van der Waals surface area contributed by atoms with Crippen molar-refractivity contribution in [3.8, 4) is 44.5 Å². The highest BCUT2D eigenvalue weighted by atomic mass is 32.2. The lowest BCUT2D eigenvalue weighted by atomic mass is 9.78. The van der Waals surface area contributed by atoms with E-state index in [1.807, 2.05) is 11.8 Å². The van der Waals surface area contributed by atoms with Gasteiger partial charge >= 0.3 is 0 Å². The van der Waals surface area contributed by atoms with Crippen LogP contribution in [-0.4, -0.2) is 26.2 Å². The van der Waals surface area contributed by atoms with E-state index in [9.17, 15) is 0 Å². The number of rotatable bonds is 6. The van der Waals surface area contributed by atoms with Gasteiger partial charge in [-0.3, -0.25) is 0 Å². The first-order valence-electron chi connectivity index (χ1n) is 27.1. The van der Waals surface area contributed by atoms with Crippen LogP contribution in [0, 0.1) is 0 Å². The van der Waals surface area contributed by atoms with Crippen molar-refractivity contribution in [3.05, 3.63) is 165 Å². The number of H-pyrrole nitrogens is 2. The third kappa shape index (κ3) is 11.1. The lowest BCUT2D eigenvalue weighted by Gasteiger charge is -2.26. The molecule has 0 aliphatic carbocycles. The number of aromatic nitrogens is 4. The van der Waals surface area contributed by atoms with Crippen molar-refractivity contribution >= 4 is 58.1 Å². The van der Waals surface area contributed by atoms with Crippen molar-refractivity contribution in [1.29, 1.82) is 0 Å². The highest BCUT2D eigenvalue weighted by molar-refractivity contribution is 7.97. The van der Waals surface area contributed by atoms with E-state index in [-0.39, 0.29) is 32.5 Å². The van der Waals surface area contributed by atoms with E-state index in [0.29, 0.717) is 0 Å². The van der Waals surface area contributed by atoms with Crippen molar-refractivity contribution < 1.29 is 0 Å². The lowest BCUT2D eigenvalue weighted by molar-refractivity contribution is 0.568. The van der Waals surface area contributed by atoms with Crippen LogP contribution < -0.4 is 0 Å². The number of nitrogens with one attached hydrogen (secondary N) is 2. The number of benzene rings is 4. The van der Waals surface area contributed by atoms with Gasteiger partial charge in [-0.25, -0.2) is 9.97 Å². The minimum atomic E-state index is -0.0904. The largest absolute Gasteiger partial charge is 0.354 e. The lowest BCUT2D eigenvalue weighted by Crippen LogP contribution is -2.16. The summed E-state index contributed by atoms with van der Waals surface area (Å²) in [5, 5.41) is 0. The third-order valence-corrected chi connectivity index (χ3v) is 15.8. The molecule has 0 atom stereocenters. The summed E-state index contributed by atoms with van der Waals surface area (Å²) in [7, 11) is 0. The molecule has 0 saturated heterocycles. The molecule has 8 bridgehead atoms. The second-order valence-corrected chi connectivity index (χ2v) is 28.4. The summed E-state index contributed by atoms with van der Waals surface area (Å²) in [6.45, 7) is 41.7. The van der Waals surface area contributed by atoms with E-state index >= 15 is 0 Å². The summed E-state index contributed by atoms with van der Waals surface area (Å²) in [4.78, 5) is 19.7. The van der Waals surface area contributed by atoms with Crippen molar-refractivity contribution in [3.63, 3.8) is 0 Å². The Morgan fingerprint density at radius 2 is 0.560 bits per heavy atom. The van der Waals surface area contributed by atoms with E-state index in [2.05, 4.69) is 268 Å². The first-order chi connectivity index (χ1) is 34.9. The summed E-state index contributed by atoms with van der Waals surface area (Å²) in [5.74, 6) is 0.956. The van der Waals surface area contributed by atoms with E-state index in [1.165, 1.54) is 38.9 Å². The molecule has 2 N–H and O–H groups in total. The monoisotopic (exact) mass is 1010 g/mol. The van der Waals surface area contributed by atoms with Crippen LogP contribution in [0.25, 0.3) is 90.9 Å². The van der Waals surface area contributed by atoms with E-state index < -0.39 is 0 Å². The molecular formula is C70H82N4S. The van der Waals surface area contributed by atoms with Gasteiger partial charge in [-0.2, -0.15) is 11.8 Å². The Morgan fingerprint density at radius 3 is 0.787 bits per heavy atom. The highest BCUT2D eigenvalue weighted by Crippen LogP contribution is 2.44. The minimum absolute atomic E-state index is 0.0850. The Bertz CT molecular complexity index is 3410. The second kappa shape index (κ2) is 19.1. The van der Waals surface area contributed by atoms with Gasteiger partial charge in [0.05, 0.1) is 22.8 Å². The fourth-order valence-electron chi connectivity index (χ4n) is 10.3. The van der Waals surface area contributed by atoms with E-state index in [4.69, 9.17) is 9.97 Å². The van der Waals surface area contributed by atoms with Crippen molar-refractivity contribution in [2.45, 2.75) is 163 Å². The Balaban J connectivity index is 1.52. The van der Waals surface area contributed by atoms with Crippen LogP contribution in [0.5, 0.6) is 0 Å². The maximum atomic E-state index is 5.82. The van der Waals surface area contributed by atoms with Crippen molar-refractivity contribution in [2.75, 3.05) is 6.26 Å². The summed E-state index contributed by atoms with van der Waals surface area (Å²) < 4.78 is 0. The standard InChI is InChI=1S/C70H82N4S/c1-65(2,3)47-32-44(33-48(38-47)66(4,5)6)62-55-26-24-53(71-55)61(43-22-20-42(21-23-43)41-75-19)54-25-27-56(72-54)63(45-34-49(67(7,8)9)39-50(35-45)68(10,11)12)58-29-31-60(74-58)64(59-30-28-57(62)73-59)46-36-51(69(13,14)15)40-52(37-46)70(16,17)18/h20-40,71,74H,41H2,1-19H3. The predicted molar refractivity (Wildman–Crippen MR) is 330 cm³/mol. The maximum Gasteiger partial charge on any atom is 0.0737 e. The van der Waals surface area contributed by atoms with Gasteiger partial charge in [0.15, 0.2) is 0 Å². The summed E-state index contributed by atoms with van der Waals surface area (Å²) >= 11 is 1.84. The number of thioether (sulfide) groups is 1. The molecular weight excluding hydrogens is 929 g/mol. The zero-order chi connectivity index (χ0) is 54.4. The van der Waals surface area contributed by atoms with Gasteiger partial charge < -0.3 is 9.97 Å². The first kappa shape index (κ1) is 53.6. The van der Waals surface area contributed by atoms with Crippen molar-refractivity contribution in [2.24, 2.45) is 0 Å². The smallest absolute Gasteiger partial charge is 0.0737 e. The average Bonchev–Trinajstić information content (AvgIpc) is 4.16. The molecule has 3 aromatic heterocycles. The number of hydrogen-bond donors (Lipinski definition) is 2. The molecule has 5 heteroatoms. The van der Waals surface area contributed by atoms with Gasteiger partial charge in [0.25, 0.3) is 0 Å². The molecule has 9 rings (SSSR count). The molecule has 388 valence electrons. The normalized spacial score (nSPS) is 13.5. The Labute approximate surface area is 454 Å². The van der Waals surface area contributed by atoms with Crippen LogP contribution in [0.3, 0.4) is 0 Å². The van der Waals surface area contributed by atoms with Crippen LogP contribution >= 0.6 is 11.8 Å². The topological polar surface area (TPSA) is 57.4 Å². The number of nitrogens with zero attached hydrogens (tertiary/aromatic N) is 2. The minimum Gasteiger partial charge on any atom is -0.354 e. The van der Waals surface area contributed by atoms with Crippen molar-refractivity contribution in [1.82, 2.24) is 19.9 Å². The van der Waals surface area contributed by atoms with E-state index in [0.717, 1.165) is 95.1 Å². The SMILES string of the molecule is CSCc1ccc(-c2c3nc(c(-c4cc(C(C)(C)C)cc(C(C)(C)C)c4)c4ccc([nH]4)c(-c4cc(C(C)(C)C)cc(C(C)(C)C)c4)c4nc(c(-c5cc(C(C)(C)C)cc(C(C)(C)C)c5)c5ccc2[nH]5)C=C4)C=C3)cc1. The fourth-order valence-corrected chi connectivity index (χ4v) is 10.8. The summed E-state index contributed by atoms with van der Waals surface area (Å²) in [6, 6.07) is 39.8. The van der Waals surface area contributed by atoms with Gasteiger partial charge in [-0.1, -0.05) is 203 Å². The number of fused-ring (bicyclic) bond motifs is 8. The molecule has 75 heavy (non-hydrogen) atoms. The van der Waals surface area contributed by atoms with Gasteiger partial charge in [-0.05, 0) is 149 Å². The number of hydrogen-bond acceptors (Lipinski definition) is 3. The van der Waals surface area contributed by atoms with Crippen LogP contribution in [-0.2, 0) is 38.2 Å². The van der Waals surface area contributed by atoms with Gasteiger partial charge in [0.2, 0.25) is 0 Å². The van der Waals surface area contributed by atoms with Crippen LogP contribution in [0.4, 0.5) is 0 Å². The van der Waals surface area contributed by atoms with Crippen LogP contribution in [0.1, 0.15) is 186 Å². The first-order valence-corrected chi connectivity index (χ1v) is 28.5. The molecule has 0 amide bonds. The van der Waals surface area contributed by atoms with Gasteiger partial charge in [0.1, 0.15) is 0 Å².